The lowest BCUT2D eigenvalue weighted by molar-refractivity contribution is -0.143. The molecule has 0 aromatic heterocycles. The fourth-order valence-corrected chi connectivity index (χ4v) is 4.55. The van der Waals surface area contributed by atoms with E-state index in [4.69, 9.17) is 0 Å². The highest BCUT2D eigenvalue weighted by atomic mass is 19.4. The van der Waals surface area contributed by atoms with E-state index >= 15 is 0 Å². The number of benzene rings is 2. The minimum atomic E-state index is -5.08. The molecule has 1 heterocycles. The zero-order valence-corrected chi connectivity index (χ0v) is 17.7. The normalized spacial score (nSPS) is 17.5. The first-order valence-electron chi connectivity index (χ1n) is 10.4. The van der Waals surface area contributed by atoms with Crippen molar-refractivity contribution in [2.45, 2.75) is 38.0 Å². The van der Waals surface area contributed by atoms with Crippen LogP contribution in [-0.2, 0) is 23.6 Å². The van der Waals surface area contributed by atoms with Crippen molar-refractivity contribution in [2.24, 2.45) is 5.41 Å². The highest BCUT2D eigenvalue weighted by Gasteiger charge is 2.49. The summed E-state index contributed by atoms with van der Waals surface area (Å²) in [6.45, 7) is 0.723. The average molecular weight is 474 g/mol. The predicted octanol–water partition coefficient (Wildman–Crippen LogP) is 6.06. The van der Waals surface area contributed by atoms with Crippen LogP contribution in [0.2, 0.25) is 0 Å². The van der Waals surface area contributed by atoms with Gasteiger partial charge in [0.05, 0.1) is 17.5 Å². The summed E-state index contributed by atoms with van der Waals surface area (Å²) in [4.78, 5) is 15.4. The summed E-state index contributed by atoms with van der Waals surface area (Å²) in [5.74, 6) is -1.31. The Hall–Kier alpha value is -2.78. The molecule has 1 aliphatic heterocycles. The zero-order chi connectivity index (χ0) is 24.2. The van der Waals surface area contributed by atoms with Gasteiger partial charge in [0, 0.05) is 36.9 Å². The molecule has 0 bridgehead atoms. The van der Waals surface area contributed by atoms with Crippen LogP contribution in [-0.4, -0.2) is 26.0 Å². The van der Waals surface area contributed by atoms with Gasteiger partial charge >= 0.3 is 12.4 Å². The van der Waals surface area contributed by atoms with Gasteiger partial charge in [0.25, 0.3) is 0 Å². The van der Waals surface area contributed by atoms with E-state index in [1.807, 2.05) is 0 Å². The van der Waals surface area contributed by atoms with Gasteiger partial charge in [-0.2, -0.15) is 26.3 Å². The highest BCUT2D eigenvalue weighted by Crippen LogP contribution is 2.51. The summed E-state index contributed by atoms with van der Waals surface area (Å²) in [5.41, 5.74) is -3.37. The number of hydrogen-bond acceptors (Lipinski definition) is 2. The van der Waals surface area contributed by atoms with E-state index in [-0.39, 0.29) is 22.9 Å². The number of amides is 1. The Labute approximate surface area is 185 Å². The van der Waals surface area contributed by atoms with Crippen LogP contribution in [0.4, 0.5) is 42.1 Å². The van der Waals surface area contributed by atoms with E-state index in [1.165, 1.54) is 24.1 Å². The zero-order valence-electron chi connectivity index (χ0n) is 17.7. The van der Waals surface area contributed by atoms with Crippen molar-refractivity contribution in [3.8, 4) is 0 Å². The third kappa shape index (κ3) is 4.52. The van der Waals surface area contributed by atoms with Crippen molar-refractivity contribution in [1.29, 1.82) is 0 Å². The fraction of sp³-hybridized carbons (Fsp3) is 0.435. The van der Waals surface area contributed by atoms with Crippen LogP contribution in [0.1, 0.15) is 36.0 Å². The van der Waals surface area contributed by atoms with Crippen molar-refractivity contribution < 1.29 is 35.5 Å². The van der Waals surface area contributed by atoms with E-state index in [1.54, 1.807) is 0 Å². The Morgan fingerprint density at radius 1 is 1.00 bits per heavy atom. The van der Waals surface area contributed by atoms with Crippen LogP contribution < -0.4 is 9.80 Å². The van der Waals surface area contributed by atoms with Crippen LogP contribution in [0.25, 0.3) is 0 Å². The number of hydrogen-bond donors (Lipinski definition) is 0. The summed E-state index contributed by atoms with van der Waals surface area (Å²) in [6.07, 6.45) is -8.05. The lowest BCUT2D eigenvalue weighted by atomic mass is 9.63. The molecular formula is C23H21F7N2O. The van der Waals surface area contributed by atoms with Crippen LogP contribution in [0.5, 0.6) is 0 Å². The number of nitrogens with zero attached hydrogens (tertiary/aromatic N) is 2. The van der Waals surface area contributed by atoms with Gasteiger partial charge in [0.1, 0.15) is 5.82 Å². The lowest BCUT2D eigenvalue weighted by Crippen LogP contribution is -2.60. The third-order valence-corrected chi connectivity index (χ3v) is 6.58. The molecule has 178 valence electrons. The van der Waals surface area contributed by atoms with E-state index in [0.717, 1.165) is 36.3 Å². The molecule has 3 nitrogen and oxygen atoms in total. The first-order valence-corrected chi connectivity index (χ1v) is 10.4. The number of halogens is 7. The van der Waals surface area contributed by atoms with Gasteiger partial charge in [-0.25, -0.2) is 4.39 Å². The number of carbonyl (C=O) groups is 1. The van der Waals surface area contributed by atoms with Crippen molar-refractivity contribution in [1.82, 2.24) is 0 Å². The van der Waals surface area contributed by atoms with Crippen molar-refractivity contribution in [3.05, 3.63) is 58.9 Å². The number of likely N-dealkylation sites (N-methyl/N-ethyl adjacent to an activating group) is 1. The van der Waals surface area contributed by atoms with E-state index < -0.39 is 47.2 Å². The van der Waals surface area contributed by atoms with Crippen LogP contribution in [0, 0.1) is 11.2 Å². The number of rotatable bonds is 4. The molecule has 0 atom stereocenters. The maximum atomic E-state index is 13.9. The summed E-state index contributed by atoms with van der Waals surface area (Å²) in [5, 5.41) is 0. The van der Waals surface area contributed by atoms with Crippen molar-refractivity contribution in [2.75, 3.05) is 29.9 Å². The second kappa shape index (κ2) is 7.92. The van der Waals surface area contributed by atoms with Crippen molar-refractivity contribution >= 4 is 17.3 Å². The Bertz CT molecular complexity index is 1050. The standard InChI is InChI=1S/C23H21F7N2O/c1-31(16-5-3-15(24)4-6-16)20(33)11-17-18(23(28,29)30)9-14(22(25,26)27)10-19(17)32-12-21(13-32)7-2-8-21/h3-6,9-10H,2,7-8,11-13H2,1H3. The number of anilines is 2. The minimum absolute atomic E-state index is 0.0567. The largest absolute Gasteiger partial charge is 0.416 e. The number of carbonyl (C=O) groups excluding carboxylic acids is 1. The van der Waals surface area contributed by atoms with Crippen LogP contribution in [0.15, 0.2) is 36.4 Å². The second-order valence-electron chi connectivity index (χ2n) is 8.83. The summed E-state index contributed by atoms with van der Waals surface area (Å²) in [7, 11) is 1.32. The molecule has 2 aromatic rings. The molecule has 1 saturated carbocycles. The van der Waals surface area contributed by atoms with Crippen LogP contribution >= 0.6 is 0 Å². The molecule has 2 fully saturated rings. The topological polar surface area (TPSA) is 23.6 Å². The SMILES string of the molecule is CN(C(=O)Cc1c(N2CC3(CCC3)C2)cc(C(F)(F)F)cc1C(F)(F)F)c1ccc(F)cc1. The van der Waals surface area contributed by atoms with Crippen molar-refractivity contribution in [3.63, 3.8) is 0 Å². The molecule has 2 aliphatic rings. The molecule has 2 aromatic carbocycles. The average Bonchev–Trinajstić information content (AvgIpc) is 2.64. The molecule has 1 saturated heterocycles. The molecule has 10 heteroatoms. The molecule has 0 N–H and O–H groups in total. The Morgan fingerprint density at radius 3 is 2.09 bits per heavy atom. The monoisotopic (exact) mass is 474 g/mol. The molecule has 1 aliphatic carbocycles. The maximum Gasteiger partial charge on any atom is 0.416 e. The Balaban J connectivity index is 1.74. The fourth-order valence-electron chi connectivity index (χ4n) is 4.55. The predicted molar refractivity (Wildman–Crippen MR) is 108 cm³/mol. The molecule has 1 amide bonds. The van der Waals surface area contributed by atoms with Gasteiger partial charge in [-0.1, -0.05) is 6.42 Å². The van der Waals surface area contributed by atoms with Gasteiger partial charge in [-0.05, 0) is 54.8 Å². The smallest absolute Gasteiger partial charge is 0.370 e. The molecule has 33 heavy (non-hydrogen) atoms. The summed E-state index contributed by atoms with van der Waals surface area (Å²) in [6, 6.07) is 5.57. The minimum Gasteiger partial charge on any atom is -0.370 e. The first kappa shape index (κ1) is 23.4. The van der Waals surface area contributed by atoms with E-state index in [9.17, 15) is 35.5 Å². The molecule has 0 unspecified atom stereocenters. The first-order chi connectivity index (χ1) is 15.3. The second-order valence-corrected chi connectivity index (χ2v) is 8.83. The lowest BCUT2D eigenvalue weighted by Gasteiger charge is -2.57. The van der Waals surface area contributed by atoms with Gasteiger partial charge in [-0.15, -0.1) is 0 Å². The third-order valence-electron chi connectivity index (χ3n) is 6.58. The van der Waals surface area contributed by atoms with Gasteiger partial charge in [0.2, 0.25) is 5.91 Å². The van der Waals surface area contributed by atoms with E-state index in [2.05, 4.69) is 0 Å². The van der Waals surface area contributed by atoms with Gasteiger partial charge in [0.15, 0.2) is 0 Å². The molecule has 0 radical (unpaired) electrons. The maximum absolute atomic E-state index is 13.9. The van der Waals surface area contributed by atoms with Gasteiger partial charge < -0.3 is 9.80 Å². The highest BCUT2D eigenvalue weighted by molar-refractivity contribution is 5.95. The molecule has 4 rings (SSSR count). The Morgan fingerprint density at radius 2 is 1.61 bits per heavy atom. The Kier molecular flexibility index (Phi) is 5.61. The quantitative estimate of drug-likeness (QED) is 0.503. The molecule has 1 spiro atoms. The number of alkyl halides is 6. The van der Waals surface area contributed by atoms with Crippen LogP contribution in [0.3, 0.4) is 0 Å². The van der Waals surface area contributed by atoms with Gasteiger partial charge in [-0.3, -0.25) is 4.79 Å². The summed E-state index contributed by atoms with van der Waals surface area (Å²) < 4.78 is 95.1. The summed E-state index contributed by atoms with van der Waals surface area (Å²) >= 11 is 0. The van der Waals surface area contributed by atoms with E-state index in [0.29, 0.717) is 19.2 Å². The molecular weight excluding hydrogens is 453 g/mol.